The first-order chi connectivity index (χ1) is 8.65. The Labute approximate surface area is 106 Å². The fraction of sp³-hybridized carbons (Fsp3) is 0. The van der Waals surface area contributed by atoms with Gasteiger partial charge in [-0.25, -0.2) is 0 Å². The minimum atomic E-state index is -0.510. The number of hydrogen-bond acceptors (Lipinski definition) is 5. The van der Waals surface area contributed by atoms with Crippen molar-refractivity contribution in [3.8, 4) is 23.1 Å². The van der Waals surface area contributed by atoms with E-state index in [4.69, 9.17) is 11.6 Å². The van der Waals surface area contributed by atoms with Crippen LogP contribution in [0, 0.1) is 0 Å². The van der Waals surface area contributed by atoms with Gasteiger partial charge >= 0.3 is 12.0 Å². The zero-order valence-corrected chi connectivity index (χ0v) is 9.70. The van der Waals surface area contributed by atoms with E-state index in [1.807, 2.05) is 6.07 Å². The zero-order valence-electron chi connectivity index (χ0n) is 8.95. The van der Waals surface area contributed by atoms with Crippen LogP contribution in [0.15, 0.2) is 30.5 Å². The summed E-state index contributed by atoms with van der Waals surface area (Å²) in [5, 5.41) is 23.4. The fourth-order valence-electron chi connectivity index (χ4n) is 1.71. The molecule has 0 amide bonds. The first-order valence-electron chi connectivity index (χ1n) is 5.05. The highest BCUT2D eigenvalue weighted by Gasteiger charge is 2.13. The lowest BCUT2D eigenvalue weighted by Gasteiger charge is -2.00. The van der Waals surface area contributed by atoms with Gasteiger partial charge < -0.3 is 10.2 Å². The van der Waals surface area contributed by atoms with E-state index in [9.17, 15) is 10.2 Å². The predicted molar refractivity (Wildman–Crippen MR) is 64.6 cm³/mol. The van der Waals surface area contributed by atoms with Crippen LogP contribution in [-0.2, 0) is 0 Å². The second-order valence-electron chi connectivity index (χ2n) is 3.63. The Hall–Kier alpha value is -2.34. The van der Waals surface area contributed by atoms with Crippen LogP contribution in [0.4, 0.5) is 0 Å². The summed E-state index contributed by atoms with van der Waals surface area (Å²) in [7, 11) is 0. The number of halogens is 1. The molecular weight excluding hydrogens is 256 g/mol. The van der Waals surface area contributed by atoms with Crippen LogP contribution >= 0.6 is 11.6 Å². The Morgan fingerprint density at radius 1 is 1.17 bits per heavy atom. The number of hydrogen-bond donors (Lipinski definition) is 2. The second-order valence-corrected chi connectivity index (χ2v) is 4.06. The highest BCUT2D eigenvalue weighted by atomic mass is 35.5. The predicted octanol–water partition coefficient (Wildman–Crippen LogP) is 1.86. The van der Waals surface area contributed by atoms with E-state index in [2.05, 4.69) is 15.1 Å². The molecule has 90 valence electrons. The third-order valence-electron chi connectivity index (χ3n) is 2.47. The standard InChI is InChI=1S/C11H7ClN4O2/c12-7-3-1-2-6(4-7)8-5-13-16-9(8)14-10(17)15-11(16)18/h1-5H,(H2,14,15,17,18). The SMILES string of the molecule is Oc1nc(O)n2ncc(-c3cccc(Cl)c3)c2n1. The summed E-state index contributed by atoms with van der Waals surface area (Å²) in [6.07, 6.45) is 1.52. The Morgan fingerprint density at radius 3 is 2.78 bits per heavy atom. The first-order valence-corrected chi connectivity index (χ1v) is 5.42. The molecule has 0 spiro atoms. The van der Waals surface area contributed by atoms with Gasteiger partial charge in [-0.1, -0.05) is 23.7 Å². The molecule has 0 radical (unpaired) electrons. The van der Waals surface area contributed by atoms with E-state index >= 15 is 0 Å². The van der Waals surface area contributed by atoms with Gasteiger partial charge in [0.1, 0.15) is 0 Å². The molecule has 2 N–H and O–H groups in total. The van der Waals surface area contributed by atoms with Crippen molar-refractivity contribution in [1.29, 1.82) is 0 Å². The van der Waals surface area contributed by atoms with Gasteiger partial charge in [-0.05, 0) is 17.7 Å². The van der Waals surface area contributed by atoms with E-state index in [1.54, 1.807) is 18.2 Å². The zero-order chi connectivity index (χ0) is 12.7. The Morgan fingerprint density at radius 2 is 2.00 bits per heavy atom. The monoisotopic (exact) mass is 262 g/mol. The van der Waals surface area contributed by atoms with Crippen LogP contribution in [-0.4, -0.2) is 29.8 Å². The fourth-order valence-corrected chi connectivity index (χ4v) is 1.90. The Bertz CT molecular complexity index is 741. The number of benzene rings is 1. The Kier molecular flexibility index (Phi) is 2.31. The number of aromatic hydroxyl groups is 2. The van der Waals surface area contributed by atoms with Crippen molar-refractivity contribution in [3.63, 3.8) is 0 Å². The van der Waals surface area contributed by atoms with Crippen LogP contribution in [0.5, 0.6) is 12.0 Å². The largest absolute Gasteiger partial charge is 0.479 e. The average molecular weight is 263 g/mol. The highest BCUT2D eigenvalue weighted by molar-refractivity contribution is 6.30. The van der Waals surface area contributed by atoms with Crippen molar-refractivity contribution in [2.24, 2.45) is 0 Å². The van der Waals surface area contributed by atoms with Crippen molar-refractivity contribution < 1.29 is 10.2 Å². The molecule has 1 aromatic carbocycles. The van der Waals surface area contributed by atoms with Gasteiger partial charge in [0.05, 0.1) is 6.20 Å². The van der Waals surface area contributed by atoms with Crippen LogP contribution in [0.1, 0.15) is 0 Å². The summed E-state index contributed by atoms with van der Waals surface area (Å²) in [5.74, 6) is 0. The summed E-state index contributed by atoms with van der Waals surface area (Å²) in [5.41, 5.74) is 1.74. The molecule has 2 aromatic heterocycles. The van der Waals surface area contributed by atoms with E-state index in [0.717, 1.165) is 10.1 Å². The lowest BCUT2D eigenvalue weighted by Crippen LogP contribution is -1.94. The normalized spacial score (nSPS) is 10.9. The van der Waals surface area contributed by atoms with Crippen molar-refractivity contribution in [2.75, 3.05) is 0 Å². The molecule has 0 fully saturated rings. The van der Waals surface area contributed by atoms with Gasteiger partial charge in [-0.3, -0.25) is 0 Å². The van der Waals surface area contributed by atoms with Gasteiger partial charge in [0.15, 0.2) is 5.65 Å². The molecule has 6 nitrogen and oxygen atoms in total. The van der Waals surface area contributed by atoms with Crippen molar-refractivity contribution in [3.05, 3.63) is 35.5 Å². The van der Waals surface area contributed by atoms with Gasteiger partial charge in [0, 0.05) is 10.6 Å². The Balaban J connectivity index is 2.30. The van der Waals surface area contributed by atoms with Crippen LogP contribution in [0.3, 0.4) is 0 Å². The molecule has 3 aromatic rings. The van der Waals surface area contributed by atoms with E-state index in [-0.39, 0.29) is 0 Å². The van der Waals surface area contributed by atoms with Crippen molar-refractivity contribution in [2.45, 2.75) is 0 Å². The molecule has 0 aliphatic carbocycles. The van der Waals surface area contributed by atoms with Crippen molar-refractivity contribution in [1.82, 2.24) is 19.6 Å². The minimum Gasteiger partial charge on any atom is -0.479 e. The number of rotatable bonds is 1. The van der Waals surface area contributed by atoms with Crippen LogP contribution in [0.2, 0.25) is 5.02 Å². The maximum absolute atomic E-state index is 9.53. The third kappa shape index (κ3) is 1.63. The van der Waals surface area contributed by atoms with Gasteiger partial charge in [0.2, 0.25) is 0 Å². The number of nitrogens with zero attached hydrogens (tertiary/aromatic N) is 4. The molecule has 18 heavy (non-hydrogen) atoms. The summed E-state index contributed by atoms with van der Waals surface area (Å²) in [4.78, 5) is 7.25. The second kappa shape index (κ2) is 3.85. The molecule has 0 saturated carbocycles. The smallest absolute Gasteiger partial charge is 0.321 e. The molecule has 0 saturated heterocycles. The maximum Gasteiger partial charge on any atom is 0.321 e. The lowest BCUT2D eigenvalue weighted by atomic mass is 10.1. The van der Waals surface area contributed by atoms with Gasteiger partial charge in [-0.15, -0.1) is 4.98 Å². The topological polar surface area (TPSA) is 83.5 Å². The summed E-state index contributed by atoms with van der Waals surface area (Å²) in [6.45, 7) is 0. The first kappa shape index (κ1) is 10.8. The molecule has 0 atom stereocenters. The quantitative estimate of drug-likeness (QED) is 0.699. The summed E-state index contributed by atoms with van der Waals surface area (Å²) >= 11 is 5.92. The third-order valence-corrected chi connectivity index (χ3v) is 2.71. The van der Waals surface area contributed by atoms with Crippen molar-refractivity contribution >= 4 is 17.2 Å². The van der Waals surface area contributed by atoms with Crippen LogP contribution in [0.25, 0.3) is 16.8 Å². The molecule has 0 bridgehead atoms. The summed E-state index contributed by atoms with van der Waals surface area (Å²) < 4.78 is 1.13. The lowest BCUT2D eigenvalue weighted by molar-refractivity contribution is 0.374. The molecule has 0 aliphatic rings. The van der Waals surface area contributed by atoms with Crippen LogP contribution < -0.4 is 0 Å². The summed E-state index contributed by atoms with van der Waals surface area (Å²) in [6, 6.07) is 6.19. The molecule has 0 aliphatic heterocycles. The molecular formula is C11H7ClN4O2. The molecule has 2 heterocycles. The highest BCUT2D eigenvalue weighted by Crippen LogP contribution is 2.27. The van der Waals surface area contributed by atoms with E-state index in [1.165, 1.54) is 6.20 Å². The van der Waals surface area contributed by atoms with E-state index < -0.39 is 12.0 Å². The van der Waals surface area contributed by atoms with Gasteiger partial charge in [-0.2, -0.15) is 14.6 Å². The number of fused-ring (bicyclic) bond motifs is 1. The molecule has 3 rings (SSSR count). The maximum atomic E-state index is 9.53. The molecule has 7 heteroatoms. The molecule has 0 unspecified atom stereocenters. The minimum absolute atomic E-state index is 0.308. The number of aromatic nitrogens is 4. The van der Waals surface area contributed by atoms with Gasteiger partial charge in [0.25, 0.3) is 0 Å². The average Bonchev–Trinajstić information content (AvgIpc) is 2.72. The van der Waals surface area contributed by atoms with E-state index in [0.29, 0.717) is 16.2 Å².